The van der Waals surface area contributed by atoms with E-state index in [-0.39, 0.29) is 9.92 Å². The molecule has 4 nitrogen and oxygen atoms in total. The van der Waals surface area contributed by atoms with Gasteiger partial charge < -0.3 is 5.73 Å². The lowest BCUT2D eigenvalue weighted by Gasteiger charge is -2.13. The highest BCUT2D eigenvalue weighted by Gasteiger charge is 2.20. The summed E-state index contributed by atoms with van der Waals surface area (Å²) in [5.41, 5.74) is 6.99. The summed E-state index contributed by atoms with van der Waals surface area (Å²) in [4.78, 5) is 0.0577. The third-order valence-corrected chi connectivity index (χ3v) is 5.69. The molecule has 3 N–H and O–H groups in total. The van der Waals surface area contributed by atoms with Crippen LogP contribution >= 0.6 is 43.5 Å². The SMILES string of the molecule is Cc1c(N)cc(Cl)cc1S(=O)(=O)Nc1ccc(Br)cc1Br. The van der Waals surface area contributed by atoms with Crippen molar-refractivity contribution in [2.45, 2.75) is 11.8 Å². The van der Waals surface area contributed by atoms with E-state index in [1.807, 2.05) is 0 Å². The van der Waals surface area contributed by atoms with E-state index in [4.69, 9.17) is 17.3 Å². The first-order chi connectivity index (χ1) is 9.70. The molecular formula is C13H11Br2ClN2O2S. The minimum atomic E-state index is -3.78. The van der Waals surface area contributed by atoms with E-state index >= 15 is 0 Å². The van der Waals surface area contributed by atoms with Crippen LogP contribution in [0.2, 0.25) is 5.02 Å². The van der Waals surface area contributed by atoms with Crippen molar-refractivity contribution in [1.29, 1.82) is 0 Å². The van der Waals surface area contributed by atoms with Crippen molar-refractivity contribution in [3.8, 4) is 0 Å². The maximum atomic E-state index is 12.5. The summed E-state index contributed by atoms with van der Waals surface area (Å²) < 4.78 is 29.0. The maximum absolute atomic E-state index is 12.5. The molecule has 0 saturated heterocycles. The second kappa shape index (κ2) is 6.16. The molecule has 0 aromatic heterocycles. The van der Waals surface area contributed by atoms with E-state index in [1.54, 1.807) is 25.1 Å². The van der Waals surface area contributed by atoms with Crippen LogP contribution in [0.25, 0.3) is 0 Å². The van der Waals surface area contributed by atoms with Gasteiger partial charge in [0.1, 0.15) is 0 Å². The van der Waals surface area contributed by atoms with Crippen molar-refractivity contribution in [1.82, 2.24) is 0 Å². The van der Waals surface area contributed by atoms with Crippen molar-refractivity contribution >= 4 is 64.9 Å². The molecule has 0 spiro atoms. The summed E-state index contributed by atoms with van der Waals surface area (Å²) >= 11 is 12.5. The average molecular weight is 455 g/mol. The molecule has 0 unspecified atom stereocenters. The van der Waals surface area contributed by atoms with Gasteiger partial charge in [0.15, 0.2) is 0 Å². The first-order valence-electron chi connectivity index (χ1n) is 5.74. The predicted octanol–water partition coefficient (Wildman–Crippen LogP) is 4.56. The van der Waals surface area contributed by atoms with Crippen LogP contribution in [0, 0.1) is 6.92 Å². The van der Waals surface area contributed by atoms with E-state index in [1.165, 1.54) is 12.1 Å². The van der Waals surface area contributed by atoms with Gasteiger partial charge in [0, 0.05) is 19.7 Å². The van der Waals surface area contributed by atoms with Gasteiger partial charge in [-0.3, -0.25) is 4.72 Å². The molecule has 2 aromatic rings. The lowest BCUT2D eigenvalue weighted by atomic mass is 10.2. The zero-order valence-electron chi connectivity index (χ0n) is 10.8. The van der Waals surface area contributed by atoms with Crippen LogP contribution in [0.4, 0.5) is 11.4 Å². The zero-order chi connectivity index (χ0) is 15.8. The number of benzene rings is 2. The first-order valence-corrected chi connectivity index (χ1v) is 9.19. The Kier molecular flexibility index (Phi) is 4.87. The van der Waals surface area contributed by atoms with Crippen LogP contribution in [0.3, 0.4) is 0 Å². The van der Waals surface area contributed by atoms with Gasteiger partial charge in [0.05, 0.1) is 10.6 Å². The third-order valence-electron chi connectivity index (χ3n) is 2.83. The molecule has 21 heavy (non-hydrogen) atoms. The average Bonchev–Trinajstić information content (AvgIpc) is 2.37. The first kappa shape index (κ1) is 16.6. The molecular weight excluding hydrogens is 443 g/mol. The quantitative estimate of drug-likeness (QED) is 0.668. The second-order valence-electron chi connectivity index (χ2n) is 4.35. The largest absolute Gasteiger partial charge is 0.398 e. The Morgan fingerprint density at radius 3 is 2.48 bits per heavy atom. The Bertz CT molecular complexity index is 810. The Morgan fingerprint density at radius 2 is 1.86 bits per heavy atom. The number of hydrogen-bond donors (Lipinski definition) is 2. The third kappa shape index (κ3) is 3.71. The van der Waals surface area contributed by atoms with Crippen LogP contribution in [0.15, 0.2) is 44.2 Å². The van der Waals surface area contributed by atoms with Crippen LogP contribution in [0.5, 0.6) is 0 Å². The fourth-order valence-electron chi connectivity index (χ4n) is 1.73. The van der Waals surface area contributed by atoms with Crippen molar-refractivity contribution < 1.29 is 8.42 Å². The summed E-state index contributed by atoms with van der Waals surface area (Å²) in [6.45, 7) is 1.64. The van der Waals surface area contributed by atoms with Crippen LogP contribution in [-0.2, 0) is 10.0 Å². The van der Waals surface area contributed by atoms with Gasteiger partial charge in [-0.15, -0.1) is 0 Å². The fourth-order valence-corrected chi connectivity index (χ4v) is 4.67. The number of sulfonamides is 1. The molecule has 8 heteroatoms. The molecule has 112 valence electrons. The number of hydrogen-bond acceptors (Lipinski definition) is 3. The number of anilines is 2. The predicted molar refractivity (Wildman–Crippen MR) is 93.3 cm³/mol. The van der Waals surface area contributed by atoms with E-state index < -0.39 is 10.0 Å². The van der Waals surface area contributed by atoms with Crippen LogP contribution in [0.1, 0.15) is 5.56 Å². The maximum Gasteiger partial charge on any atom is 0.262 e. The highest BCUT2D eigenvalue weighted by molar-refractivity contribution is 9.11. The van der Waals surface area contributed by atoms with Crippen molar-refractivity contribution in [2.75, 3.05) is 10.5 Å². The van der Waals surface area contributed by atoms with Gasteiger partial charge in [-0.25, -0.2) is 8.42 Å². The normalized spacial score (nSPS) is 11.4. The van der Waals surface area contributed by atoms with E-state index in [0.29, 0.717) is 21.4 Å². The lowest BCUT2D eigenvalue weighted by molar-refractivity contribution is 0.600. The second-order valence-corrected chi connectivity index (χ2v) is 8.21. The highest BCUT2D eigenvalue weighted by atomic mass is 79.9. The number of rotatable bonds is 3. The molecule has 0 saturated carbocycles. The Balaban J connectivity index is 2.48. The number of halogens is 3. The van der Waals surface area contributed by atoms with Gasteiger partial charge in [0.25, 0.3) is 10.0 Å². The van der Waals surface area contributed by atoms with Gasteiger partial charge in [-0.05, 0) is 58.7 Å². The summed E-state index contributed by atoms with van der Waals surface area (Å²) in [7, 11) is -3.78. The van der Waals surface area contributed by atoms with Crippen LogP contribution < -0.4 is 10.5 Å². The number of nitrogens with one attached hydrogen (secondary N) is 1. The summed E-state index contributed by atoms with van der Waals surface area (Å²) in [5.74, 6) is 0. The standard InChI is InChI=1S/C13H11Br2ClN2O2S/c1-7-11(17)5-9(16)6-13(7)21(19,20)18-12-3-2-8(14)4-10(12)15/h2-6,18H,17H2,1H3. The summed E-state index contributed by atoms with van der Waals surface area (Å²) in [6.07, 6.45) is 0. The molecule has 0 amide bonds. The number of nitrogens with two attached hydrogens (primary N) is 1. The highest BCUT2D eigenvalue weighted by Crippen LogP contribution is 2.31. The molecule has 0 aliphatic heterocycles. The molecule has 0 aliphatic carbocycles. The minimum absolute atomic E-state index is 0.0577. The van der Waals surface area contributed by atoms with E-state index in [9.17, 15) is 8.42 Å². The van der Waals surface area contributed by atoms with Gasteiger partial charge in [-0.2, -0.15) is 0 Å². The molecule has 0 radical (unpaired) electrons. The molecule has 2 aromatic carbocycles. The van der Waals surface area contributed by atoms with Crippen molar-refractivity contribution in [3.63, 3.8) is 0 Å². The summed E-state index contributed by atoms with van der Waals surface area (Å²) in [6, 6.07) is 8.03. The minimum Gasteiger partial charge on any atom is -0.398 e. The Morgan fingerprint density at radius 1 is 1.19 bits per heavy atom. The zero-order valence-corrected chi connectivity index (χ0v) is 15.6. The lowest BCUT2D eigenvalue weighted by Crippen LogP contribution is -2.15. The molecule has 0 atom stereocenters. The van der Waals surface area contributed by atoms with E-state index in [2.05, 4.69) is 36.6 Å². The smallest absolute Gasteiger partial charge is 0.262 e. The van der Waals surface area contributed by atoms with Crippen molar-refractivity contribution in [3.05, 3.63) is 49.9 Å². The van der Waals surface area contributed by atoms with Gasteiger partial charge in [0.2, 0.25) is 0 Å². The van der Waals surface area contributed by atoms with E-state index in [0.717, 1.165) is 4.47 Å². The molecule has 2 rings (SSSR count). The van der Waals surface area contributed by atoms with Crippen molar-refractivity contribution in [2.24, 2.45) is 0 Å². The summed E-state index contributed by atoms with van der Waals surface area (Å²) in [5, 5.41) is 0.272. The number of nitrogen functional groups attached to an aromatic ring is 1. The molecule has 0 bridgehead atoms. The van der Waals surface area contributed by atoms with Crippen LogP contribution in [-0.4, -0.2) is 8.42 Å². The van der Waals surface area contributed by atoms with Gasteiger partial charge >= 0.3 is 0 Å². The van der Waals surface area contributed by atoms with Gasteiger partial charge in [-0.1, -0.05) is 27.5 Å². The molecule has 0 fully saturated rings. The molecule has 0 aliphatic rings. The topological polar surface area (TPSA) is 72.2 Å². The Labute approximate surface area is 145 Å². The monoisotopic (exact) mass is 452 g/mol. The Hall–Kier alpha value is -0.760. The fraction of sp³-hybridized carbons (Fsp3) is 0.0769. The molecule has 0 heterocycles.